The molecule has 0 aliphatic heterocycles. The maximum atomic E-state index is 5.96. The molecule has 1 fully saturated rings. The Labute approximate surface area is 135 Å². The van der Waals surface area contributed by atoms with Gasteiger partial charge in [-0.2, -0.15) is 0 Å². The van der Waals surface area contributed by atoms with Gasteiger partial charge >= 0.3 is 0 Å². The summed E-state index contributed by atoms with van der Waals surface area (Å²) >= 11 is 3.58. The fourth-order valence-electron chi connectivity index (χ4n) is 3.74. The van der Waals surface area contributed by atoms with Crippen molar-refractivity contribution in [2.24, 2.45) is 11.7 Å². The molecule has 2 atom stereocenters. The zero-order valence-corrected chi connectivity index (χ0v) is 14.2. The molecule has 1 aliphatic carbocycles. The highest BCUT2D eigenvalue weighted by Crippen LogP contribution is 2.31. The first-order valence-electron chi connectivity index (χ1n) is 7.92. The highest BCUT2D eigenvalue weighted by atomic mass is 79.9. The summed E-state index contributed by atoms with van der Waals surface area (Å²) in [5.74, 6) is 0.668. The van der Waals surface area contributed by atoms with Crippen LogP contribution < -0.4 is 5.73 Å². The van der Waals surface area contributed by atoms with Gasteiger partial charge in [-0.3, -0.25) is 4.90 Å². The largest absolute Gasteiger partial charge is 0.361 e. The fraction of sp³-hybridized carbons (Fsp3) is 0.529. The Morgan fingerprint density at radius 2 is 2.24 bits per heavy atom. The second-order valence-electron chi connectivity index (χ2n) is 6.06. The average Bonchev–Trinajstić information content (AvgIpc) is 3.11. The van der Waals surface area contributed by atoms with Crippen LogP contribution in [0.15, 0.2) is 28.9 Å². The van der Waals surface area contributed by atoms with Crippen molar-refractivity contribution in [2.75, 3.05) is 13.1 Å². The van der Waals surface area contributed by atoms with Crippen molar-refractivity contribution in [1.82, 2.24) is 9.88 Å². The lowest BCUT2D eigenvalue weighted by Crippen LogP contribution is -2.39. The lowest BCUT2D eigenvalue weighted by atomic mass is 10.0. The van der Waals surface area contributed by atoms with E-state index in [1.165, 1.54) is 35.7 Å². The van der Waals surface area contributed by atoms with E-state index in [0.29, 0.717) is 12.0 Å². The molecule has 0 amide bonds. The number of aromatic amines is 1. The van der Waals surface area contributed by atoms with Crippen molar-refractivity contribution >= 4 is 26.8 Å². The molecule has 3 nitrogen and oxygen atoms in total. The van der Waals surface area contributed by atoms with E-state index in [0.717, 1.165) is 24.1 Å². The van der Waals surface area contributed by atoms with Crippen molar-refractivity contribution in [3.63, 3.8) is 0 Å². The van der Waals surface area contributed by atoms with E-state index in [2.05, 4.69) is 57.1 Å². The van der Waals surface area contributed by atoms with Gasteiger partial charge in [0.2, 0.25) is 0 Å². The second-order valence-corrected chi connectivity index (χ2v) is 6.98. The molecule has 2 unspecified atom stereocenters. The molecule has 3 N–H and O–H groups in total. The number of halogens is 1. The minimum absolute atomic E-state index is 0.650. The van der Waals surface area contributed by atoms with Crippen LogP contribution in [0.4, 0.5) is 0 Å². The van der Waals surface area contributed by atoms with Crippen LogP contribution in [0, 0.1) is 5.92 Å². The molecule has 21 heavy (non-hydrogen) atoms. The summed E-state index contributed by atoms with van der Waals surface area (Å²) in [7, 11) is 0. The second kappa shape index (κ2) is 6.51. The fourth-order valence-corrected chi connectivity index (χ4v) is 4.10. The first-order valence-corrected chi connectivity index (χ1v) is 8.72. The van der Waals surface area contributed by atoms with Crippen LogP contribution >= 0.6 is 15.9 Å². The number of rotatable bonds is 5. The molecule has 0 spiro atoms. The molecule has 2 aromatic rings. The molecule has 0 bridgehead atoms. The minimum Gasteiger partial charge on any atom is -0.361 e. The van der Waals surface area contributed by atoms with Crippen molar-refractivity contribution in [1.29, 1.82) is 0 Å². The quantitative estimate of drug-likeness (QED) is 0.860. The normalized spacial score (nSPS) is 22.5. The summed E-state index contributed by atoms with van der Waals surface area (Å²) in [4.78, 5) is 5.99. The van der Waals surface area contributed by atoms with Crippen LogP contribution in [-0.4, -0.2) is 29.0 Å². The summed E-state index contributed by atoms with van der Waals surface area (Å²) < 4.78 is 1.14. The summed E-state index contributed by atoms with van der Waals surface area (Å²) in [6, 6.07) is 7.08. The molecule has 4 heteroatoms. The van der Waals surface area contributed by atoms with Gasteiger partial charge in [-0.15, -0.1) is 0 Å². The first-order chi connectivity index (χ1) is 10.2. The van der Waals surface area contributed by atoms with Crippen molar-refractivity contribution in [3.8, 4) is 0 Å². The van der Waals surface area contributed by atoms with Crippen LogP contribution in [0.25, 0.3) is 10.9 Å². The van der Waals surface area contributed by atoms with Gasteiger partial charge in [-0.25, -0.2) is 0 Å². The molecular formula is C17H24BrN3. The highest BCUT2D eigenvalue weighted by molar-refractivity contribution is 9.10. The number of nitrogens with one attached hydrogen (secondary N) is 1. The van der Waals surface area contributed by atoms with Crippen molar-refractivity contribution in [2.45, 2.75) is 38.8 Å². The van der Waals surface area contributed by atoms with Crippen LogP contribution in [0.1, 0.15) is 31.7 Å². The standard InChI is InChI=1S/C17H24BrN3/c1-2-21(17-5-3-4-12(17)9-19)11-13-10-20-16-7-6-14(18)8-15(13)16/h6-8,10,12,17,20H,2-5,9,11,19H2,1H3. The van der Waals surface area contributed by atoms with E-state index in [9.17, 15) is 0 Å². The van der Waals surface area contributed by atoms with Crippen molar-refractivity contribution < 1.29 is 0 Å². The summed E-state index contributed by atoms with van der Waals surface area (Å²) in [5, 5.41) is 1.32. The van der Waals surface area contributed by atoms with Gasteiger partial charge in [0.25, 0.3) is 0 Å². The highest BCUT2D eigenvalue weighted by Gasteiger charge is 2.30. The van der Waals surface area contributed by atoms with E-state index in [4.69, 9.17) is 5.73 Å². The third kappa shape index (κ3) is 3.03. The summed E-state index contributed by atoms with van der Waals surface area (Å²) in [6.45, 7) is 5.17. The molecule has 1 heterocycles. The molecule has 1 aliphatic rings. The third-order valence-corrected chi connectivity index (χ3v) is 5.39. The Morgan fingerprint density at radius 1 is 1.38 bits per heavy atom. The van der Waals surface area contributed by atoms with Gasteiger partial charge in [-0.05, 0) is 55.6 Å². The Balaban J connectivity index is 1.84. The number of hydrogen-bond acceptors (Lipinski definition) is 2. The SMILES string of the molecule is CCN(Cc1c[nH]c2ccc(Br)cc12)C1CCCC1CN. The van der Waals surface area contributed by atoms with E-state index >= 15 is 0 Å². The van der Waals surface area contributed by atoms with E-state index in [1.807, 2.05) is 0 Å². The van der Waals surface area contributed by atoms with Crippen LogP contribution in [-0.2, 0) is 6.54 Å². The van der Waals surface area contributed by atoms with Gasteiger partial charge in [0.15, 0.2) is 0 Å². The molecule has 1 aromatic heterocycles. The Kier molecular flexibility index (Phi) is 4.67. The lowest BCUT2D eigenvalue weighted by Gasteiger charge is -2.31. The average molecular weight is 350 g/mol. The van der Waals surface area contributed by atoms with E-state index in [1.54, 1.807) is 0 Å². The van der Waals surface area contributed by atoms with Crippen LogP contribution in [0.5, 0.6) is 0 Å². The Bertz CT molecular complexity index is 607. The molecular weight excluding hydrogens is 326 g/mol. The molecule has 3 rings (SSSR count). The smallest absolute Gasteiger partial charge is 0.0458 e. The number of hydrogen-bond donors (Lipinski definition) is 2. The van der Waals surface area contributed by atoms with Gasteiger partial charge in [0, 0.05) is 34.2 Å². The maximum Gasteiger partial charge on any atom is 0.0458 e. The zero-order valence-electron chi connectivity index (χ0n) is 12.6. The molecule has 0 radical (unpaired) electrons. The Morgan fingerprint density at radius 3 is 3.00 bits per heavy atom. The lowest BCUT2D eigenvalue weighted by molar-refractivity contribution is 0.163. The topological polar surface area (TPSA) is 45.0 Å². The summed E-state index contributed by atoms with van der Waals surface area (Å²) in [5.41, 5.74) is 8.56. The molecule has 1 aromatic carbocycles. The number of benzene rings is 1. The van der Waals surface area contributed by atoms with Gasteiger partial charge in [0.05, 0.1) is 0 Å². The van der Waals surface area contributed by atoms with Gasteiger partial charge in [0.1, 0.15) is 0 Å². The van der Waals surface area contributed by atoms with Crippen LogP contribution in [0.3, 0.4) is 0 Å². The number of aromatic nitrogens is 1. The predicted molar refractivity (Wildman–Crippen MR) is 92.3 cm³/mol. The van der Waals surface area contributed by atoms with Crippen molar-refractivity contribution in [3.05, 3.63) is 34.4 Å². The maximum absolute atomic E-state index is 5.96. The monoisotopic (exact) mass is 349 g/mol. The van der Waals surface area contributed by atoms with E-state index < -0.39 is 0 Å². The molecule has 0 saturated heterocycles. The van der Waals surface area contributed by atoms with Crippen LogP contribution in [0.2, 0.25) is 0 Å². The number of nitrogens with two attached hydrogens (primary N) is 1. The molecule has 1 saturated carbocycles. The van der Waals surface area contributed by atoms with Gasteiger partial charge in [-0.1, -0.05) is 29.3 Å². The summed E-state index contributed by atoms with van der Waals surface area (Å²) in [6.07, 6.45) is 6.06. The number of nitrogens with zero attached hydrogens (tertiary/aromatic N) is 1. The Hall–Kier alpha value is -0.840. The third-order valence-electron chi connectivity index (χ3n) is 4.90. The first kappa shape index (κ1) is 15.1. The molecule has 114 valence electrons. The number of fused-ring (bicyclic) bond motifs is 1. The predicted octanol–water partition coefficient (Wildman–Crippen LogP) is 3.88. The zero-order chi connectivity index (χ0) is 14.8. The van der Waals surface area contributed by atoms with E-state index in [-0.39, 0.29) is 0 Å². The van der Waals surface area contributed by atoms with Gasteiger partial charge < -0.3 is 10.7 Å². The minimum atomic E-state index is 0.650. The number of H-pyrrole nitrogens is 1.